The van der Waals surface area contributed by atoms with Gasteiger partial charge in [-0.05, 0) is 55.3 Å². The molecular formula is C12H16FN. The van der Waals surface area contributed by atoms with Crippen LogP contribution in [-0.4, -0.2) is 6.54 Å². The average molecular weight is 193 g/mol. The molecule has 0 spiro atoms. The molecule has 0 saturated heterocycles. The zero-order valence-corrected chi connectivity index (χ0v) is 8.35. The smallest absolute Gasteiger partial charge is 0.129 e. The van der Waals surface area contributed by atoms with E-state index in [-0.39, 0.29) is 5.82 Å². The predicted molar refractivity (Wildman–Crippen MR) is 55.8 cm³/mol. The molecule has 0 aromatic heterocycles. The van der Waals surface area contributed by atoms with Gasteiger partial charge in [0.1, 0.15) is 5.82 Å². The molecule has 2 heteroatoms. The second-order valence-corrected chi connectivity index (χ2v) is 3.92. The molecule has 0 unspecified atom stereocenters. The number of fused-ring (bicyclic) bond motifs is 1. The summed E-state index contributed by atoms with van der Waals surface area (Å²) >= 11 is 0. The molecule has 0 amide bonds. The van der Waals surface area contributed by atoms with Crippen molar-refractivity contribution in [2.24, 2.45) is 5.73 Å². The molecule has 2 N–H and O–H groups in total. The van der Waals surface area contributed by atoms with Crippen LogP contribution in [0, 0.1) is 5.82 Å². The first-order chi connectivity index (χ1) is 6.83. The van der Waals surface area contributed by atoms with Crippen molar-refractivity contribution < 1.29 is 4.39 Å². The Hall–Kier alpha value is -0.890. The van der Waals surface area contributed by atoms with Crippen LogP contribution >= 0.6 is 0 Å². The Bertz CT molecular complexity index is 333. The Labute approximate surface area is 84.1 Å². The largest absolute Gasteiger partial charge is 0.330 e. The highest BCUT2D eigenvalue weighted by molar-refractivity contribution is 5.35. The Kier molecular flexibility index (Phi) is 2.82. The van der Waals surface area contributed by atoms with Crippen LogP contribution in [0.2, 0.25) is 0 Å². The highest BCUT2D eigenvalue weighted by atomic mass is 19.1. The summed E-state index contributed by atoms with van der Waals surface area (Å²) in [5, 5.41) is 0. The number of halogens is 1. The van der Waals surface area contributed by atoms with E-state index in [0.29, 0.717) is 13.0 Å². The Morgan fingerprint density at radius 2 is 2.00 bits per heavy atom. The molecule has 0 radical (unpaired) electrons. The summed E-state index contributed by atoms with van der Waals surface area (Å²) < 4.78 is 13.9. The topological polar surface area (TPSA) is 26.0 Å². The first-order valence-corrected chi connectivity index (χ1v) is 5.32. The van der Waals surface area contributed by atoms with Crippen molar-refractivity contribution in [1.29, 1.82) is 0 Å². The maximum Gasteiger partial charge on any atom is 0.129 e. The molecular weight excluding hydrogens is 177 g/mol. The van der Waals surface area contributed by atoms with Crippen LogP contribution in [0.3, 0.4) is 0 Å². The van der Waals surface area contributed by atoms with Gasteiger partial charge in [-0.1, -0.05) is 12.1 Å². The van der Waals surface area contributed by atoms with Gasteiger partial charge in [-0.25, -0.2) is 4.39 Å². The molecule has 0 aliphatic heterocycles. The van der Waals surface area contributed by atoms with Gasteiger partial charge in [0.25, 0.3) is 0 Å². The normalized spacial score (nSPS) is 15.3. The third-order valence-corrected chi connectivity index (χ3v) is 2.96. The Morgan fingerprint density at radius 1 is 1.21 bits per heavy atom. The summed E-state index contributed by atoms with van der Waals surface area (Å²) in [4.78, 5) is 0. The summed E-state index contributed by atoms with van der Waals surface area (Å²) in [5.41, 5.74) is 8.37. The average Bonchev–Trinajstić information content (AvgIpc) is 2.23. The van der Waals surface area contributed by atoms with Gasteiger partial charge in [-0.15, -0.1) is 0 Å². The third kappa shape index (κ3) is 1.67. The molecule has 0 bridgehead atoms. The minimum absolute atomic E-state index is 0.00708. The van der Waals surface area contributed by atoms with Crippen LogP contribution in [0.5, 0.6) is 0 Å². The zero-order chi connectivity index (χ0) is 9.97. The van der Waals surface area contributed by atoms with Gasteiger partial charge in [0.15, 0.2) is 0 Å². The molecule has 14 heavy (non-hydrogen) atoms. The second kappa shape index (κ2) is 4.09. The number of nitrogens with two attached hydrogens (primary N) is 1. The molecule has 1 nitrogen and oxygen atoms in total. The first kappa shape index (κ1) is 9.66. The van der Waals surface area contributed by atoms with Crippen LogP contribution in [0.15, 0.2) is 12.1 Å². The number of hydrogen-bond acceptors (Lipinski definition) is 1. The molecule has 0 heterocycles. The van der Waals surface area contributed by atoms with Gasteiger partial charge < -0.3 is 5.73 Å². The van der Waals surface area contributed by atoms with Gasteiger partial charge in [-0.2, -0.15) is 0 Å². The maximum atomic E-state index is 13.9. The lowest BCUT2D eigenvalue weighted by Gasteiger charge is -2.17. The third-order valence-electron chi connectivity index (χ3n) is 2.96. The number of benzene rings is 1. The number of hydrogen-bond donors (Lipinski definition) is 1. The SMILES string of the molecule is NCCc1ccc2c(c1F)CCCC2. The van der Waals surface area contributed by atoms with E-state index in [0.717, 1.165) is 30.4 Å². The maximum absolute atomic E-state index is 13.9. The van der Waals surface area contributed by atoms with Gasteiger partial charge in [0, 0.05) is 0 Å². The van der Waals surface area contributed by atoms with Crippen LogP contribution < -0.4 is 5.73 Å². The lowest BCUT2D eigenvalue weighted by molar-refractivity contribution is 0.565. The van der Waals surface area contributed by atoms with Crippen molar-refractivity contribution in [2.75, 3.05) is 6.54 Å². The zero-order valence-electron chi connectivity index (χ0n) is 8.35. The molecule has 76 valence electrons. The fourth-order valence-corrected chi connectivity index (χ4v) is 2.18. The quantitative estimate of drug-likeness (QED) is 0.765. The summed E-state index contributed by atoms with van der Waals surface area (Å²) in [6.45, 7) is 0.524. The van der Waals surface area contributed by atoms with E-state index in [2.05, 4.69) is 6.07 Å². The predicted octanol–water partition coefficient (Wildman–Crippen LogP) is 2.21. The molecule has 1 aromatic carbocycles. The van der Waals surface area contributed by atoms with E-state index in [9.17, 15) is 4.39 Å². The van der Waals surface area contributed by atoms with Crippen molar-refractivity contribution in [3.8, 4) is 0 Å². The van der Waals surface area contributed by atoms with Crippen molar-refractivity contribution in [1.82, 2.24) is 0 Å². The standard InChI is InChI=1S/C12H16FN/c13-12-10(7-8-14)6-5-9-3-1-2-4-11(9)12/h5-6H,1-4,7-8,14H2. The number of aryl methyl sites for hydroxylation is 1. The van der Waals surface area contributed by atoms with Crippen molar-refractivity contribution in [3.63, 3.8) is 0 Å². The highest BCUT2D eigenvalue weighted by Crippen LogP contribution is 2.25. The van der Waals surface area contributed by atoms with Crippen molar-refractivity contribution >= 4 is 0 Å². The van der Waals surface area contributed by atoms with Crippen LogP contribution in [0.25, 0.3) is 0 Å². The molecule has 0 saturated carbocycles. The van der Waals surface area contributed by atoms with Gasteiger partial charge in [0.05, 0.1) is 0 Å². The Balaban J connectivity index is 2.38. The fraction of sp³-hybridized carbons (Fsp3) is 0.500. The molecule has 2 rings (SSSR count). The molecule has 1 aliphatic rings. The van der Waals surface area contributed by atoms with Crippen molar-refractivity contribution in [3.05, 3.63) is 34.6 Å². The van der Waals surface area contributed by atoms with E-state index in [4.69, 9.17) is 5.73 Å². The van der Waals surface area contributed by atoms with E-state index >= 15 is 0 Å². The minimum Gasteiger partial charge on any atom is -0.330 e. The van der Waals surface area contributed by atoms with E-state index in [1.165, 1.54) is 12.0 Å². The summed E-state index contributed by atoms with van der Waals surface area (Å²) in [6.07, 6.45) is 4.91. The number of rotatable bonds is 2. The monoisotopic (exact) mass is 193 g/mol. The fourth-order valence-electron chi connectivity index (χ4n) is 2.18. The van der Waals surface area contributed by atoms with Crippen LogP contribution in [-0.2, 0) is 19.3 Å². The van der Waals surface area contributed by atoms with E-state index < -0.39 is 0 Å². The van der Waals surface area contributed by atoms with Gasteiger partial charge in [-0.3, -0.25) is 0 Å². The van der Waals surface area contributed by atoms with E-state index in [1.54, 1.807) is 0 Å². The summed E-state index contributed by atoms with van der Waals surface area (Å²) in [7, 11) is 0. The lowest BCUT2D eigenvalue weighted by atomic mass is 9.89. The van der Waals surface area contributed by atoms with Crippen LogP contribution in [0.4, 0.5) is 4.39 Å². The van der Waals surface area contributed by atoms with Gasteiger partial charge >= 0.3 is 0 Å². The van der Waals surface area contributed by atoms with Gasteiger partial charge in [0.2, 0.25) is 0 Å². The van der Waals surface area contributed by atoms with E-state index in [1.807, 2.05) is 6.07 Å². The van der Waals surface area contributed by atoms with Crippen molar-refractivity contribution in [2.45, 2.75) is 32.1 Å². The molecule has 0 fully saturated rings. The van der Waals surface area contributed by atoms with Crippen LogP contribution in [0.1, 0.15) is 29.5 Å². The summed E-state index contributed by atoms with van der Waals surface area (Å²) in [5.74, 6) is 0.00708. The molecule has 0 atom stereocenters. The first-order valence-electron chi connectivity index (χ1n) is 5.32. The lowest BCUT2D eigenvalue weighted by Crippen LogP contribution is -2.10. The summed E-state index contributed by atoms with van der Waals surface area (Å²) in [6, 6.07) is 3.97. The minimum atomic E-state index is 0.00708. The Morgan fingerprint density at radius 3 is 2.79 bits per heavy atom. The molecule has 1 aliphatic carbocycles. The molecule has 1 aromatic rings. The second-order valence-electron chi connectivity index (χ2n) is 3.92. The highest BCUT2D eigenvalue weighted by Gasteiger charge is 2.15.